The van der Waals surface area contributed by atoms with Crippen molar-refractivity contribution in [1.82, 2.24) is 10.3 Å². The lowest BCUT2D eigenvalue weighted by molar-refractivity contribution is -0.192. The van der Waals surface area contributed by atoms with Gasteiger partial charge >= 0.3 is 18.1 Å². The summed E-state index contributed by atoms with van der Waals surface area (Å²) in [7, 11) is 0. The highest BCUT2D eigenvalue weighted by molar-refractivity contribution is 6.33. The molecule has 1 saturated heterocycles. The number of carboxylic acid groups (broad SMARTS) is 2. The molecule has 200 valence electrons. The molecule has 2 bridgehead atoms. The molecule has 3 N–H and O–H groups in total. The van der Waals surface area contributed by atoms with Crippen LogP contribution >= 0.6 is 11.6 Å². The molecule has 1 amide bonds. The molecule has 3 aliphatic carbocycles. The number of anilines is 1. The fraction of sp³-hybridized carbons (Fsp3) is 0.667. The molecule has 0 aromatic carbocycles. The van der Waals surface area contributed by atoms with E-state index in [1.54, 1.807) is 0 Å². The van der Waals surface area contributed by atoms with Crippen LogP contribution in [-0.2, 0) is 9.59 Å². The number of piperidine rings is 1. The standard InChI is InChI=1S/C22H30ClN3O3.C2HF3O2/c1-22(2)16-6-5-13(17(22)9-16)10-25-20(27)14-4-3-7-26(12-14)19-18(23)8-15(11-24-19)21(28)29;3-2(4,5)1(6)7/h8,11,13-14,16-17H,3-7,9-10,12H2,1-2H3,(H,25,27)(H,28,29);(H,6,7)/t13-,14+,16+,17-;/m0./s1. The number of nitrogens with zero attached hydrogens (tertiary/aromatic N) is 2. The first-order chi connectivity index (χ1) is 16.7. The molecule has 1 aliphatic heterocycles. The Morgan fingerprint density at radius 2 is 1.89 bits per heavy atom. The van der Waals surface area contributed by atoms with Crippen molar-refractivity contribution in [1.29, 1.82) is 0 Å². The maximum atomic E-state index is 12.9. The summed E-state index contributed by atoms with van der Waals surface area (Å²) < 4.78 is 31.7. The molecule has 4 fully saturated rings. The zero-order chi connectivity index (χ0) is 26.8. The lowest BCUT2D eigenvalue weighted by atomic mass is 9.45. The Morgan fingerprint density at radius 3 is 2.42 bits per heavy atom. The maximum absolute atomic E-state index is 12.9. The number of aromatic carboxylic acids is 1. The van der Waals surface area contributed by atoms with E-state index in [9.17, 15) is 22.8 Å². The van der Waals surface area contributed by atoms with Crippen molar-refractivity contribution in [3.8, 4) is 0 Å². The molecule has 0 radical (unpaired) electrons. The van der Waals surface area contributed by atoms with Crippen molar-refractivity contribution in [3.63, 3.8) is 0 Å². The van der Waals surface area contributed by atoms with Gasteiger partial charge in [-0.2, -0.15) is 13.2 Å². The first-order valence-corrected chi connectivity index (χ1v) is 12.3. The topological polar surface area (TPSA) is 120 Å². The van der Waals surface area contributed by atoms with E-state index in [2.05, 4.69) is 24.1 Å². The van der Waals surface area contributed by atoms with Crippen molar-refractivity contribution in [3.05, 3.63) is 22.8 Å². The molecule has 0 spiro atoms. The summed E-state index contributed by atoms with van der Waals surface area (Å²) in [4.78, 5) is 39.1. The number of hydrogen-bond acceptors (Lipinski definition) is 5. The number of carbonyl (C=O) groups excluding carboxylic acids is 1. The Hall–Kier alpha value is -2.56. The van der Waals surface area contributed by atoms with E-state index in [-0.39, 0.29) is 17.4 Å². The molecule has 3 saturated carbocycles. The number of rotatable bonds is 5. The van der Waals surface area contributed by atoms with Gasteiger partial charge in [-0.15, -0.1) is 0 Å². The highest BCUT2D eigenvalue weighted by atomic mass is 35.5. The number of carbonyl (C=O) groups is 3. The van der Waals surface area contributed by atoms with E-state index in [1.165, 1.54) is 31.5 Å². The third kappa shape index (κ3) is 6.22. The Kier molecular flexibility index (Phi) is 8.42. The van der Waals surface area contributed by atoms with Crippen LogP contribution in [0.5, 0.6) is 0 Å². The SMILES string of the molecule is CC1(C)[C@@H]2CC[C@@H](CNC(=O)[C@@H]3CCCN(c4ncc(C(=O)O)cc4Cl)C3)[C@@H]1C2.O=C(O)C(F)(F)F. The van der Waals surface area contributed by atoms with Crippen LogP contribution in [0.2, 0.25) is 5.02 Å². The van der Waals surface area contributed by atoms with E-state index >= 15 is 0 Å². The number of carboxylic acids is 2. The van der Waals surface area contributed by atoms with Crippen molar-refractivity contribution >= 4 is 35.3 Å². The number of alkyl halides is 3. The van der Waals surface area contributed by atoms with Crippen LogP contribution in [0.4, 0.5) is 19.0 Å². The van der Waals surface area contributed by atoms with Crippen LogP contribution in [0, 0.1) is 29.1 Å². The summed E-state index contributed by atoms with van der Waals surface area (Å²) in [5, 5.41) is 19.7. The number of nitrogens with one attached hydrogen (secondary N) is 1. The van der Waals surface area contributed by atoms with Crippen molar-refractivity contribution < 1.29 is 37.8 Å². The number of amides is 1. The second-order valence-corrected chi connectivity index (χ2v) is 10.8. The predicted molar refractivity (Wildman–Crippen MR) is 126 cm³/mol. The van der Waals surface area contributed by atoms with Gasteiger partial charge in [0.25, 0.3) is 0 Å². The van der Waals surface area contributed by atoms with E-state index in [0.717, 1.165) is 37.8 Å². The smallest absolute Gasteiger partial charge is 0.478 e. The second-order valence-electron chi connectivity index (χ2n) is 10.4. The van der Waals surface area contributed by atoms with Crippen LogP contribution in [-0.4, -0.2) is 58.9 Å². The molecule has 4 atom stereocenters. The van der Waals surface area contributed by atoms with Crippen molar-refractivity contribution in [2.75, 3.05) is 24.5 Å². The third-order valence-corrected chi connectivity index (χ3v) is 8.22. The van der Waals surface area contributed by atoms with Crippen molar-refractivity contribution in [2.24, 2.45) is 29.1 Å². The van der Waals surface area contributed by atoms with Crippen LogP contribution in [0.1, 0.15) is 56.3 Å². The third-order valence-electron chi connectivity index (χ3n) is 7.94. The molecular weight excluding hydrogens is 503 g/mol. The number of pyridine rings is 1. The summed E-state index contributed by atoms with van der Waals surface area (Å²) in [5.74, 6) is -1.02. The van der Waals surface area contributed by atoms with Gasteiger partial charge in [0.2, 0.25) is 5.91 Å². The van der Waals surface area contributed by atoms with Gasteiger partial charge in [0.05, 0.1) is 16.5 Å². The highest BCUT2D eigenvalue weighted by Gasteiger charge is 2.54. The number of halogens is 4. The van der Waals surface area contributed by atoms with Gasteiger partial charge < -0.3 is 20.4 Å². The Balaban J connectivity index is 0.000000454. The van der Waals surface area contributed by atoms with Gasteiger partial charge in [0, 0.05) is 25.8 Å². The zero-order valence-electron chi connectivity index (χ0n) is 20.1. The fourth-order valence-corrected chi connectivity index (χ4v) is 6.03. The molecule has 0 unspecified atom stereocenters. The van der Waals surface area contributed by atoms with Gasteiger partial charge in [-0.1, -0.05) is 25.4 Å². The fourth-order valence-electron chi connectivity index (χ4n) is 5.75. The van der Waals surface area contributed by atoms with E-state index < -0.39 is 18.1 Å². The normalized spacial score (nSPS) is 26.7. The Labute approximate surface area is 212 Å². The van der Waals surface area contributed by atoms with Gasteiger partial charge in [-0.3, -0.25) is 4.79 Å². The number of fused-ring (bicyclic) bond motifs is 2. The summed E-state index contributed by atoms with van der Waals surface area (Å²) in [5.41, 5.74) is 0.499. The largest absolute Gasteiger partial charge is 0.490 e. The average Bonchev–Trinajstić information content (AvgIpc) is 2.82. The quantitative estimate of drug-likeness (QED) is 0.510. The lowest BCUT2D eigenvalue weighted by Gasteiger charge is -2.60. The van der Waals surface area contributed by atoms with Gasteiger partial charge in [0.15, 0.2) is 0 Å². The minimum atomic E-state index is -5.08. The van der Waals surface area contributed by atoms with Crippen LogP contribution < -0.4 is 10.2 Å². The minimum absolute atomic E-state index is 0.0682. The average molecular weight is 534 g/mol. The maximum Gasteiger partial charge on any atom is 0.490 e. The molecule has 36 heavy (non-hydrogen) atoms. The van der Waals surface area contributed by atoms with Crippen LogP contribution in [0.15, 0.2) is 12.3 Å². The number of hydrogen-bond donors (Lipinski definition) is 3. The first kappa shape index (κ1) is 28.0. The molecule has 12 heteroatoms. The number of aromatic nitrogens is 1. The van der Waals surface area contributed by atoms with Gasteiger partial charge in [-0.05, 0) is 61.3 Å². The van der Waals surface area contributed by atoms with Gasteiger partial charge in [0.1, 0.15) is 5.82 Å². The molecule has 2 heterocycles. The van der Waals surface area contributed by atoms with Crippen LogP contribution in [0.25, 0.3) is 0 Å². The summed E-state index contributed by atoms with van der Waals surface area (Å²) in [6.07, 6.45) is 1.82. The monoisotopic (exact) mass is 533 g/mol. The molecule has 8 nitrogen and oxygen atoms in total. The summed E-state index contributed by atoms with van der Waals surface area (Å²) >= 11 is 6.28. The molecule has 4 aliphatic rings. The van der Waals surface area contributed by atoms with Gasteiger partial charge in [-0.25, -0.2) is 14.6 Å². The first-order valence-electron chi connectivity index (χ1n) is 11.9. The summed E-state index contributed by atoms with van der Waals surface area (Å²) in [6.45, 7) is 6.87. The molecular formula is C24H31ClF3N3O5. The van der Waals surface area contributed by atoms with Crippen molar-refractivity contribution in [2.45, 2.75) is 52.1 Å². The Morgan fingerprint density at radius 1 is 1.22 bits per heavy atom. The Bertz CT molecular complexity index is 1000. The summed E-state index contributed by atoms with van der Waals surface area (Å²) in [6, 6.07) is 1.42. The minimum Gasteiger partial charge on any atom is -0.478 e. The lowest BCUT2D eigenvalue weighted by Crippen LogP contribution is -2.55. The molecule has 1 aromatic rings. The van der Waals surface area contributed by atoms with Crippen LogP contribution in [0.3, 0.4) is 0 Å². The number of aliphatic carboxylic acids is 1. The molecule has 5 rings (SSSR count). The molecule has 1 aromatic heterocycles. The predicted octanol–water partition coefficient (Wildman–Crippen LogP) is 4.47. The zero-order valence-corrected chi connectivity index (χ0v) is 20.9. The van der Waals surface area contributed by atoms with E-state index in [4.69, 9.17) is 26.6 Å². The van der Waals surface area contributed by atoms with E-state index in [1.807, 2.05) is 4.90 Å². The van der Waals surface area contributed by atoms with E-state index in [0.29, 0.717) is 28.7 Å². The highest BCUT2D eigenvalue weighted by Crippen LogP contribution is 2.61. The second kappa shape index (κ2) is 10.8.